The van der Waals surface area contributed by atoms with E-state index in [9.17, 15) is 4.79 Å². The Bertz CT molecular complexity index is 610. The molecule has 100 valence electrons. The molecule has 0 saturated carbocycles. The Kier molecular flexibility index (Phi) is 3.14. The van der Waals surface area contributed by atoms with Crippen molar-refractivity contribution in [2.45, 2.75) is 6.92 Å². The average Bonchev–Trinajstić information content (AvgIpc) is 3.03. The number of anilines is 1. The van der Waals surface area contributed by atoms with Gasteiger partial charge in [-0.25, -0.2) is 4.98 Å². The SMILES string of the molecule is COC(=O)C1CN(c2nccc3sccc23)CC1C. The third-order valence-electron chi connectivity index (χ3n) is 3.77. The van der Waals surface area contributed by atoms with Gasteiger partial charge in [0.15, 0.2) is 0 Å². The van der Waals surface area contributed by atoms with Crippen LogP contribution in [0.1, 0.15) is 6.92 Å². The lowest BCUT2D eigenvalue weighted by Crippen LogP contribution is -2.24. The Morgan fingerprint density at radius 3 is 3.11 bits per heavy atom. The first-order valence-electron chi connectivity index (χ1n) is 6.35. The van der Waals surface area contributed by atoms with E-state index in [0.29, 0.717) is 12.5 Å². The maximum Gasteiger partial charge on any atom is 0.310 e. The van der Waals surface area contributed by atoms with Crippen molar-refractivity contribution in [3.8, 4) is 0 Å². The first-order valence-corrected chi connectivity index (χ1v) is 7.23. The van der Waals surface area contributed by atoms with Crippen molar-refractivity contribution in [3.63, 3.8) is 0 Å². The molecule has 2 atom stereocenters. The Labute approximate surface area is 116 Å². The molecule has 3 rings (SSSR count). The average molecular weight is 276 g/mol. The van der Waals surface area contributed by atoms with E-state index in [4.69, 9.17) is 4.74 Å². The molecule has 4 nitrogen and oxygen atoms in total. The third kappa shape index (κ3) is 2.08. The number of nitrogens with zero attached hydrogens (tertiary/aromatic N) is 2. The van der Waals surface area contributed by atoms with Gasteiger partial charge in [0.1, 0.15) is 5.82 Å². The van der Waals surface area contributed by atoms with Crippen molar-refractivity contribution in [2.75, 3.05) is 25.1 Å². The highest BCUT2D eigenvalue weighted by Gasteiger charge is 2.36. The smallest absolute Gasteiger partial charge is 0.310 e. The molecule has 2 aromatic heterocycles. The summed E-state index contributed by atoms with van der Waals surface area (Å²) in [4.78, 5) is 18.4. The predicted octanol–water partition coefficient (Wildman–Crippen LogP) is 2.54. The van der Waals surface area contributed by atoms with Crippen molar-refractivity contribution < 1.29 is 9.53 Å². The maximum atomic E-state index is 11.7. The number of fused-ring (bicyclic) bond motifs is 1. The second-order valence-electron chi connectivity index (χ2n) is 4.98. The Balaban J connectivity index is 1.92. The zero-order valence-electron chi connectivity index (χ0n) is 11.0. The summed E-state index contributed by atoms with van der Waals surface area (Å²) in [6.45, 7) is 3.63. The number of aromatic nitrogens is 1. The van der Waals surface area contributed by atoms with E-state index < -0.39 is 0 Å². The van der Waals surface area contributed by atoms with Crippen LogP contribution in [-0.2, 0) is 9.53 Å². The molecule has 1 fully saturated rings. The van der Waals surface area contributed by atoms with Crippen LogP contribution in [0.2, 0.25) is 0 Å². The van der Waals surface area contributed by atoms with Crippen molar-refractivity contribution in [3.05, 3.63) is 23.7 Å². The van der Waals surface area contributed by atoms with Gasteiger partial charge < -0.3 is 9.64 Å². The Morgan fingerprint density at radius 1 is 1.47 bits per heavy atom. The molecule has 2 unspecified atom stereocenters. The first kappa shape index (κ1) is 12.4. The van der Waals surface area contributed by atoms with Crippen LogP contribution in [0.3, 0.4) is 0 Å². The molecule has 19 heavy (non-hydrogen) atoms. The molecule has 3 heterocycles. The van der Waals surface area contributed by atoms with Crippen LogP contribution in [0.15, 0.2) is 23.7 Å². The molecule has 0 bridgehead atoms. The Hall–Kier alpha value is -1.62. The van der Waals surface area contributed by atoms with Gasteiger partial charge >= 0.3 is 5.97 Å². The van der Waals surface area contributed by atoms with Gasteiger partial charge in [0.25, 0.3) is 0 Å². The van der Waals surface area contributed by atoms with Gasteiger partial charge in [0.2, 0.25) is 0 Å². The predicted molar refractivity (Wildman–Crippen MR) is 76.5 cm³/mol. The van der Waals surface area contributed by atoms with Gasteiger partial charge in [-0.05, 0) is 23.4 Å². The highest BCUT2D eigenvalue weighted by molar-refractivity contribution is 7.17. The zero-order valence-corrected chi connectivity index (χ0v) is 11.8. The zero-order chi connectivity index (χ0) is 13.4. The van der Waals surface area contributed by atoms with Gasteiger partial charge in [0, 0.05) is 29.4 Å². The minimum atomic E-state index is -0.118. The van der Waals surface area contributed by atoms with E-state index in [1.165, 1.54) is 17.2 Å². The summed E-state index contributed by atoms with van der Waals surface area (Å²) in [5, 5.41) is 3.25. The number of rotatable bonds is 2. The minimum Gasteiger partial charge on any atom is -0.469 e. The fourth-order valence-corrected chi connectivity index (χ4v) is 3.51. The molecule has 2 aromatic rings. The second-order valence-corrected chi connectivity index (χ2v) is 5.93. The van der Waals surface area contributed by atoms with Crippen molar-refractivity contribution in [1.29, 1.82) is 0 Å². The molecule has 1 aliphatic rings. The van der Waals surface area contributed by atoms with Crippen LogP contribution in [0.25, 0.3) is 10.1 Å². The van der Waals surface area contributed by atoms with Crippen molar-refractivity contribution in [1.82, 2.24) is 4.98 Å². The van der Waals surface area contributed by atoms with Crippen LogP contribution >= 0.6 is 11.3 Å². The highest BCUT2D eigenvalue weighted by atomic mass is 32.1. The number of esters is 1. The van der Waals surface area contributed by atoms with Gasteiger partial charge in [-0.15, -0.1) is 11.3 Å². The molecular weight excluding hydrogens is 260 g/mol. The van der Waals surface area contributed by atoms with E-state index in [-0.39, 0.29) is 11.9 Å². The number of carbonyl (C=O) groups excluding carboxylic acids is 1. The fourth-order valence-electron chi connectivity index (χ4n) is 2.73. The summed E-state index contributed by atoms with van der Waals surface area (Å²) in [6.07, 6.45) is 1.84. The monoisotopic (exact) mass is 276 g/mol. The molecule has 0 amide bonds. The van der Waals surface area contributed by atoms with Gasteiger partial charge in [-0.3, -0.25) is 4.79 Å². The van der Waals surface area contributed by atoms with Crippen molar-refractivity contribution >= 4 is 33.2 Å². The summed E-state index contributed by atoms with van der Waals surface area (Å²) in [5.74, 6) is 1.10. The van der Waals surface area contributed by atoms with Crippen LogP contribution < -0.4 is 4.90 Å². The summed E-state index contributed by atoms with van der Waals surface area (Å²) in [7, 11) is 1.45. The van der Waals surface area contributed by atoms with Crippen LogP contribution in [0.4, 0.5) is 5.82 Å². The fraction of sp³-hybridized carbons (Fsp3) is 0.429. The van der Waals surface area contributed by atoms with E-state index in [1.54, 1.807) is 11.3 Å². The normalized spacial score (nSPS) is 22.9. The third-order valence-corrected chi connectivity index (χ3v) is 4.66. The number of methoxy groups -OCH3 is 1. The number of ether oxygens (including phenoxy) is 1. The molecular formula is C14H16N2O2S. The van der Waals surface area contributed by atoms with Crippen LogP contribution in [-0.4, -0.2) is 31.2 Å². The molecule has 0 spiro atoms. The summed E-state index contributed by atoms with van der Waals surface area (Å²) < 4.78 is 6.11. The van der Waals surface area contributed by atoms with Crippen LogP contribution in [0.5, 0.6) is 0 Å². The number of carbonyl (C=O) groups is 1. The van der Waals surface area contributed by atoms with E-state index in [1.807, 2.05) is 12.3 Å². The molecule has 0 aliphatic carbocycles. The number of hydrogen-bond acceptors (Lipinski definition) is 5. The van der Waals surface area contributed by atoms with Crippen molar-refractivity contribution in [2.24, 2.45) is 11.8 Å². The highest BCUT2D eigenvalue weighted by Crippen LogP contribution is 2.33. The number of pyridine rings is 1. The topological polar surface area (TPSA) is 42.4 Å². The van der Waals surface area contributed by atoms with E-state index >= 15 is 0 Å². The Morgan fingerprint density at radius 2 is 2.32 bits per heavy atom. The second kappa shape index (κ2) is 4.81. The molecule has 1 saturated heterocycles. The molecule has 0 radical (unpaired) electrons. The quantitative estimate of drug-likeness (QED) is 0.791. The molecule has 0 N–H and O–H groups in total. The van der Waals surface area contributed by atoms with Gasteiger partial charge in [0.05, 0.1) is 13.0 Å². The lowest BCUT2D eigenvalue weighted by Gasteiger charge is -2.17. The molecule has 1 aliphatic heterocycles. The molecule has 0 aromatic carbocycles. The van der Waals surface area contributed by atoms with Gasteiger partial charge in [-0.2, -0.15) is 0 Å². The first-order chi connectivity index (χ1) is 9.20. The molecule has 5 heteroatoms. The standard InChI is InChI=1S/C14H16N2O2S/c1-9-7-16(8-11(9)14(17)18-2)13-10-4-6-19-12(10)3-5-15-13/h3-6,9,11H,7-8H2,1-2H3. The lowest BCUT2D eigenvalue weighted by molar-refractivity contribution is -0.145. The number of hydrogen-bond donors (Lipinski definition) is 0. The summed E-state index contributed by atoms with van der Waals surface area (Å²) in [5.41, 5.74) is 0. The maximum absolute atomic E-state index is 11.7. The summed E-state index contributed by atoms with van der Waals surface area (Å²) in [6, 6.07) is 4.12. The largest absolute Gasteiger partial charge is 0.469 e. The van der Waals surface area contributed by atoms with E-state index in [2.05, 4.69) is 28.3 Å². The summed E-state index contributed by atoms with van der Waals surface area (Å²) >= 11 is 1.71. The van der Waals surface area contributed by atoms with E-state index in [0.717, 1.165) is 12.4 Å². The number of thiophene rings is 1. The lowest BCUT2D eigenvalue weighted by atomic mass is 9.99. The van der Waals surface area contributed by atoms with Gasteiger partial charge in [-0.1, -0.05) is 6.92 Å². The minimum absolute atomic E-state index is 0.0549. The van der Waals surface area contributed by atoms with Crippen LogP contribution in [0, 0.1) is 11.8 Å².